The van der Waals surface area contributed by atoms with Gasteiger partial charge in [-0.05, 0) is 133 Å². The molecule has 0 unspecified atom stereocenters. The Kier molecular flexibility index (Phi) is 6.97. The molecule has 250 valence electrons. The summed E-state index contributed by atoms with van der Waals surface area (Å²) in [6, 6.07) is 76.3. The van der Waals surface area contributed by atoms with Crippen molar-refractivity contribution in [3.05, 3.63) is 206 Å². The minimum absolute atomic E-state index is 1.21. The fraction of sp³-hybridized carbons (Fsp3) is 0. The predicted molar refractivity (Wildman–Crippen MR) is 233 cm³/mol. The van der Waals surface area contributed by atoms with Crippen molar-refractivity contribution in [3.63, 3.8) is 0 Å². The van der Waals surface area contributed by atoms with E-state index in [0.29, 0.717) is 0 Å². The van der Waals surface area contributed by atoms with Gasteiger partial charge in [-0.25, -0.2) is 0 Å². The first-order valence-electron chi connectivity index (χ1n) is 18.8. The van der Waals surface area contributed by atoms with Crippen molar-refractivity contribution in [2.45, 2.75) is 0 Å². The van der Waals surface area contributed by atoms with Gasteiger partial charge in [-0.2, -0.15) is 0 Å². The summed E-state index contributed by atoms with van der Waals surface area (Å²) < 4.78 is 0. The van der Waals surface area contributed by atoms with Gasteiger partial charge < -0.3 is 0 Å². The molecule has 0 heterocycles. The van der Waals surface area contributed by atoms with Gasteiger partial charge in [-0.3, -0.25) is 0 Å². The number of rotatable bonds is 4. The lowest BCUT2D eigenvalue weighted by Crippen LogP contribution is -1.97. The zero-order valence-corrected chi connectivity index (χ0v) is 29.6. The molecule has 0 nitrogen and oxygen atoms in total. The highest BCUT2D eigenvalue weighted by Gasteiger charge is 2.25. The normalized spacial score (nSPS) is 11.7. The second-order valence-corrected chi connectivity index (χ2v) is 14.4. The Morgan fingerprint density at radius 2 is 0.481 bits per heavy atom. The van der Waals surface area contributed by atoms with E-state index < -0.39 is 0 Å². The minimum Gasteiger partial charge on any atom is -0.0622 e. The maximum Gasteiger partial charge on any atom is -0.000741 e. The van der Waals surface area contributed by atoms with E-state index in [1.54, 1.807) is 0 Å². The smallest absolute Gasteiger partial charge is 0.000741 e. The SMILES string of the molecule is c1ccc(-c2cc3ccccc3cc2-c2c3ccccc3c(-c3cc4ccccc4cc3-c3ccccc3)c3c4ccccc4c4ccccc4c23)cc1. The van der Waals surface area contributed by atoms with E-state index in [9.17, 15) is 0 Å². The molecule has 0 saturated carbocycles. The van der Waals surface area contributed by atoms with E-state index in [4.69, 9.17) is 0 Å². The molecule has 11 aromatic rings. The molecule has 0 fully saturated rings. The van der Waals surface area contributed by atoms with Crippen LogP contribution in [-0.4, -0.2) is 0 Å². The van der Waals surface area contributed by atoms with Crippen LogP contribution in [0.1, 0.15) is 0 Å². The Balaban J connectivity index is 1.43. The topological polar surface area (TPSA) is 0 Å². The molecule has 11 aromatic carbocycles. The van der Waals surface area contributed by atoms with Crippen LogP contribution in [0.3, 0.4) is 0 Å². The zero-order chi connectivity index (χ0) is 35.6. The van der Waals surface area contributed by atoms with Crippen LogP contribution in [-0.2, 0) is 0 Å². The van der Waals surface area contributed by atoms with E-state index in [0.717, 1.165) is 0 Å². The number of benzene rings is 11. The van der Waals surface area contributed by atoms with Gasteiger partial charge in [0.1, 0.15) is 0 Å². The lowest BCUT2D eigenvalue weighted by Gasteiger charge is -2.24. The summed E-state index contributed by atoms with van der Waals surface area (Å²) in [6.45, 7) is 0. The first-order chi connectivity index (χ1) is 26.8. The highest BCUT2D eigenvalue weighted by Crippen LogP contribution is 2.53. The predicted octanol–water partition coefficient (Wildman–Crippen LogP) is 15.3. The summed E-state index contributed by atoms with van der Waals surface area (Å²) in [7, 11) is 0. The van der Waals surface area contributed by atoms with Crippen molar-refractivity contribution >= 4 is 64.6 Å². The fourth-order valence-electron chi connectivity index (χ4n) is 9.02. The highest BCUT2D eigenvalue weighted by atomic mass is 14.3. The van der Waals surface area contributed by atoms with E-state index in [1.165, 1.54) is 109 Å². The second kappa shape index (κ2) is 12.3. The average Bonchev–Trinajstić information content (AvgIpc) is 3.25. The van der Waals surface area contributed by atoms with Crippen molar-refractivity contribution < 1.29 is 0 Å². The second-order valence-electron chi connectivity index (χ2n) is 14.4. The quantitative estimate of drug-likeness (QED) is 0.128. The summed E-state index contributed by atoms with van der Waals surface area (Å²) >= 11 is 0. The van der Waals surface area contributed by atoms with Gasteiger partial charge in [0.05, 0.1) is 0 Å². The van der Waals surface area contributed by atoms with Gasteiger partial charge >= 0.3 is 0 Å². The molecule has 11 rings (SSSR count). The molecule has 0 aromatic heterocycles. The third kappa shape index (κ3) is 4.71. The van der Waals surface area contributed by atoms with Crippen molar-refractivity contribution in [3.8, 4) is 44.5 Å². The van der Waals surface area contributed by atoms with Crippen molar-refractivity contribution in [1.29, 1.82) is 0 Å². The molecular formula is C54H34. The number of fused-ring (bicyclic) bond motifs is 9. The standard InChI is InChI=1S/C54H34/c1-3-17-35(18-4-1)47-31-37-21-7-9-23-39(37)33-49(47)51-45-29-15-16-30-46(45)52(54-44-28-14-12-26-42(44)41-25-11-13-27-43(41)53(51)54)50-34-40-24-10-8-22-38(40)32-48(50)36-19-5-2-6-20-36/h1-34H. The summed E-state index contributed by atoms with van der Waals surface area (Å²) in [5.74, 6) is 0. The van der Waals surface area contributed by atoms with Gasteiger partial charge in [-0.1, -0.05) is 182 Å². The van der Waals surface area contributed by atoms with Crippen LogP contribution in [0.25, 0.3) is 109 Å². The molecule has 0 bridgehead atoms. The molecule has 0 N–H and O–H groups in total. The van der Waals surface area contributed by atoms with Crippen LogP contribution in [0.5, 0.6) is 0 Å². The molecule has 0 atom stereocenters. The maximum absolute atomic E-state index is 2.44. The fourth-order valence-corrected chi connectivity index (χ4v) is 9.02. The highest BCUT2D eigenvalue weighted by molar-refractivity contribution is 6.37. The minimum atomic E-state index is 1.21. The van der Waals surface area contributed by atoms with E-state index in [1.807, 2.05) is 0 Å². The summed E-state index contributed by atoms with van der Waals surface area (Å²) in [5.41, 5.74) is 9.94. The summed E-state index contributed by atoms with van der Waals surface area (Å²) in [4.78, 5) is 0. The van der Waals surface area contributed by atoms with Crippen LogP contribution >= 0.6 is 0 Å². The molecule has 0 aliphatic rings. The van der Waals surface area contributed by atoms with E-state index in [2.05, 4.69) is 206 Å². The number of hydrogen-bond acceptors (Lipinski definition) is 0. The third-order valence-corrected chi connectivity index (χ3v) is 11.4. The maximum atomic E-state index is 2.44. The Bertz CT molecular complexity index is 3020. The Morgan fingerprint density at radius 1 is 0.204 bits per heavy atom. The van der Waals surface area contributed by atoms with Crippen molar-refractivity contribution in [2.24, 2.45) is 0 Å². The molecule has 0 aliphatic carbocycles. The van der Waals surface area contributed by atoms with Gasteiger partial charge in [-0.15, -0.1) is 0 Å². The van der Waals surface area contributed by atoms with Gasteiger partial charge in [0, 0.05) is 0 Å². The monoisotopic (exact) mass is 682 g/mol. The van der Waals surface area contributed by atoms with Crippen molar-refractivity contribution in [2.75, 3.05) is 0 Å². The summed E-state index contributed by atoms with van der Waals surface area (Å²) in [6.07, 6.45) is 0. The van der Waals surface area contributed by atoms with E-state index >= 15 is 0 Å². The largest absolute Gasteiger partial charge is 0.0622 e. The van der Waals surface area contributed by atoms with Crippen LogP contribution in [0.4, 0.5) is 0 Å². The van der Waals surface area contributed by atoms with Crippen LogP contribution < -0.4 is 0 Å². The molecule has 0 saturated heterocycles. The van der Waals surface area contributed by atoms with Crippen LogP contribution in [0, 0.1) is 0 Å². The van der Waals surface area contributed by atoms with Gasteiger partial charge in [0.25, 0.3) is 0 Å². The van der Waals surface area contributed by atoms with Gasteiger partial charge in [0.2, 0.25) is 0 Å². The van der Waals surface area contributed by atoms with Gasteiger partial charge in [0.15, 0.2) is 0 Å². The number of hydrogen-bond donors (Lipinski definition) is 0. The van der Waals surface area contributed by atoms with Crippen LogP contribution in [0.2, 0.25) is 0 Å². The van der Waals surface area contributed by atoms with E-state index in [-0.39, 0.29) is 0 Å². The third-order valence-electron chi connectivity index (χ3n) is 11.4. The average molecular weight is 683 g/mol. The molecule has 0 aliphatic heterocycles. The summed E-state index contributed by atoms with van der Waals surface area (Å²) in [5, 5.41) is 15.1. The molecule has 0 spiro atoms. The molecule has 54 heavy (non-hydrogen) atoms. The van der Waals surface area contributed by atoms with Crippen LogP contribution in [0.15, 0.2) is 206 Å². The first kappa shape index (κ1) is 30.6. The van der Waals surface area contributed by atoms with Crippen molar-refractivity contribution in [1.82, 2.24) is 0 Å². The lowest BCUT2D eigenvalue weighted by atomic mass is 9.78. The Labute approximate surface area is 314 Å². The zero-order valence-electron chi connectivity index (χ0n) is 29.6. The first-order valence-corrected chi connectivity index (χ1v) is 18.8. The molecular weight excluding hydrogens is 649 g/mol. The Hall–Kier alpha value is -7.02. The lowest BCUT2D eigenvalue weighted by molar-refractivity contribution is 1.62. The molecule has 0 radical (unpaired) electrons. The molecule has 0 amide bonds. The Morgan fingerprint density at radius 3 is 0.852 bits per heavy atom. The molecule has 0 heteroatoms.